The number of likely N-dealkylation sites (tertiary alicyclic amines) is 1. The van der Waals surface area contributed by atoms with Crippen molar-refractivity contribution in [1.29, 1.82) is 0 Å². The van der Waals surface area contributed by atoms with E-state index >= 15 is 0 Å². The van der Waals surface area contributed by atoms with Crippen LogP contribution in [0.15, 0.2) is 34.2 Å². The first-order chi connectivity index (χ1) is 12.6. The fraction of sp³-hybridized carbons (Fsp3) is 0.500. The van der Waals surface area contributed by atoms with Crippen molar-refractivity contribution in [2.24, 2.45) is 4.99 Å². The lowest BCUT2D eigenvalue weighted by Crippen LogP contribution is -2.42. The second kappa shape index (κ2) is 13.2. The van der Waals surface area contributed by atoms with Crippen LogP contribution in [-0.2, 0) is 9.59 Å². The number of imide groups is 1. The van der Waals surface area contributed by atoms with Crippen LogP contribution in [-0.4, -0.2) is 54.6 Å². The minimum Gasteiger partial charge on any atom is -0.357 e. The lowest BCUT2D eigenvalue weighted by Gasteiger charge is -2.24. The second-order valence-corrected chi connectivity index (χ2v) is 7.39. The number of aliphatic imine (C=N–C) groups is 1. The smallest absolute Gasteiger partial charge is 0.229 e. The number of guanidine groups is 1. The van der Waals surface area contributed by atoms with Gasteiger partial charge in [0, 0.05) is 48.1 Å². The van der Waals surface area contributed by atoms with Crippen LogP contribution in [0.25, 0.3) is 0 Å². The van der Waals surface area contributed by atoms with Gasteiger partial charge >= 0.3 is 0 Å². The maximum absolute atomic E-state index is 11.8. The molecular weight excluding hydrogens is 499 g/mol. The Morgan fingerprint density at radius 3 is 2.48 bits per heavy atom. The first-order valence-corrected chi connectivity index (χ1v) is 10.2. The molecule has 0 radical (unpaired) electrons. The van der Waals surface area contributed by atoms with E-state index in [0.717, 1.165) is 23.9 Å². The van der Waals surface area contributed by atoms with Gasteiger partial charge in [0.2, 0.25) is 11.8 Å². The fourth-order valence-corrected chi connectivity index (χ4v) is 3.42. The van der Waals surface area contributed by atoms with Crippen molar-refractivity contribution in [2.45, 2.75) is 31.1 Å². The molecule has 0 aromatic heterocycles. The highest BCUT2D eigenvalue weighted by Gasteiger charge is 2.24. The Balaban J connectivity index is 0.00000364. The van der Waals surface area contributed by atoms with Crippen LogP contribution in [0.3, 0.4) is 0 Å². The molecule has 0 atom stereocenters. The average molecular weight is 525 g/mol. The number of rotatable bonds is 8. The summed E-state index contributed by atoms with van der Waals surface area (Å²) in [5, 5.41) is 7.17. The van der Waals surface area contributed by atoms with E-state index in [0.29, 0.717) is 38.3 Å². The van der Waals surface area contributed by atoms with E-state index in [9.17, 15) is 9.59 Å². The number of piperidine rings is 1. The van der Waals surface area contributed by atoms with E-state index in [-0.39, 0.29) is 35.8 Å². The molecule has 150 valence electrons. The second-order valence-electron chi connectivity index (χ2n) is 5.78. The topological polar surface area (TPSA) is 73.8 Å². The van der Waals surface area contributed by atoms with Gasteiger partial charge in [0.05, 0.1) is 6.54 Å². The number of amides is 2. The lowest BCUT2D eigenvalue weighted by atomic mass is 10.1. The van der Waals surface area contributed by atoms with Gasteiger partial charge in [-0.15, -0.1) is 35.7 Å². The third-order valence-electron chi connectivity index (χ3n) is 3.80. The van der Waals surface area contributed by atoms with Crippen molar-refractivity contribution in [3.63, 3.8) is 0 Å². The van der Waals surface area contributed by atoms with E-state index in [1.54, 1.807) is 11.8 Å². The van der Waals surface area contributed by atoms with Crippen LogP contribution < -0.4 is 10.6 Å². The first kappa shape index (κ1) is 24.0. The zero-order chi connectivity index (χ0) is 18.8. The molecule has 1 fully saturated rings. The molecule has 1 saturated heterocycles. The number of hydrogen-bond donors (Lipinski definition) is 2. The Kier molecular flexibility index (Phi) is 11.8. The number of carbonyl (C=O) groups is 2. The largest absolute Gasteiger partial charge is 0.357 e. The quantitative estimate of drug-likeness (QED) is 0.137. The molecular formula is C18H26ClIN4O2S. The Bertz CT molecular complexity index is 627. The zero-order valence-electron chi connectivity index (χ0n) is 15.4. The van der Waals surface area contributed by atoms with E-state index in [2.05, 4.69) is 15.6 Å². The first-order valence-electron chi connectivity index (χ1n) is 8.84. The molecule has 0 spiro atoms. The number of nitrogens with one attached hydrogen (secondary N) is 2. The molecule has 1 aromatic carbocycles. The highest BCUT2D eigenvalue weighted by molar-refractivity contribution is 14.0. The van der Waals surface area contributed by atoms with Gasteiger partial charge in [-0.1, -0.05) is 11.6 Å². The van der Waals surface area contributed by atoms with Crippen LogP contribution in [0.4, 0.5) is 0 Å². The lowest BCUT2D eigenvalue weighted by molar-refractivity contribution is -0.147. The molecule has 0 bridgehead atoms. The normalized spacial score (nSPS) is 14.7. The van der Waals surface area contributed by atoms with Gasteiger partial charge in [0.25, 0.3) is 0 Å². The maximum Gasteiger partial charge on any atom is 0.229 e. The summed E-state index contributed by atoms with van der Waals surface area (Å²) in [6, 6.07) is 7.76. The van der Waals surface area contributed by atoms with Gasteiger partial charge in [0.1, 0.15) is 0 Å². The molecule has 1 aliphatic rings. The van der Waals surface area contributed by atoms with Gasteiger partial charge < -0.3 is 10.6 Å². The monoisotopic (exact) mass is 524 g/mol. The van der Waals surface area contributed by atoms with E-state index < -0.39 is 0 Å². The van der Waals surface area contributed by atoms with E-state index in [4.69, 9.17) is 11.6 Å². The number of benzene rings is 1. The molecule has 1 aliphatic heterocycles. The number of hydrogen-bond acceptors (Lipinski definition) is 4. The summed E-state index contributed by atoms with van der Waals surface area (Å²) < 4.78 is 0. The van der Waals surface area contributed by atoms with Crippen molar-refractivity contribution in [3.05, 3.63) is 29.3 Å². The van der Waals surface area contributed by atoms with Crippen molar-refractivity contribution in [1.82, 2.24) is 15.5 Å². The number of carbonyl (C=O) groups excluding carboxylic acids is 2. The summed E-state index contributed by atoms with van der Waals surface area (Å²) in [4.78, 5) is 30.5. The van der Waals surface area contributed by atoms with Crippen molar-refractivity contribution < 1.29 is 9.59 Å². The van der Waals surface area contributed by atoms with Crippen LogP contribution in [0.5, 0.6) is 0 Å². The van der Waals surface area contributed by atoms with E-state index in [1.165, 1.54) is 9.80 Å². The summed E-state index contributed by atoms with van der Waals surface area (Å²) in [5.74, 6) is 1.40. The van der Waals surface area contributed by atoms with Crippen molar-refractivity contribution in [3.8, 4) is 0 Å². The molecule has 2 N–H and O–H groups in total. The molecule has 27 heavy (non-hydrogen) atoms. The molecule has 2 amide bonds. The van der Waals surface area contributed by atoms with Crippen LogP contribution in [0.1, 0.15) is 26.2 Å². The number of nitrogens with zero attached hydrogens (tertiary/aromatic N) is 2. The van der Waals surface area contributed by atoms with Crippen molar-refractivity contribution in [2.75, 3.05) is 31.9 Å². The van der Waals surface area contributed by atoms with Crippen LogP contribution in [0.2, 0.25) is 5.02 Å². The van der Waals surface area contributed by atoms with Gasteiger partial charge in [-0.25, -0.2) is 0 Å². The Labute approximate surface area is 186 Å². The Morgan fingerprint density at radius 1 is 1.19 bits per heavy atom. The third kappa shape index (κ3) is 8.69. The number of halogens is 2. The number of thioether (sulfide) groups is 1. The fourth-order valence-electron chi connectivity index (χ4n) is 2.52. The summed E-state index contributed by atoms with van der Waals surface area (Å²) in [6.07, 6.45) is 1.57. The molecule has 2 rings (SSSR count). The summed E-state index contributed by atoms with van der Waals surface area (Å²) in [7, 11) is 0. The highest BCUT2D eigenvalue weighted by Crippen LogP contribution is 2.19. The van der Waals surface area contributed by atoms with E-state index in [1.807, 2.05) is 31.2 Å². The highest BCUT2D eigenvalue weighted by atomic mass is 127. The standard InChI is InChI=1S/C18H25ClN4O2S.HI/c1-2-20-18(21-10-12-23-16(24)4-3-5-17(23)25)22-11-13-26-15-8-6-14(19)7-9-15;/h6-9H,2-5,10-13H2,1H3,(H2,20,21,22);1H. The molecule has 9 heteroatoms. The predicted molar refractivity (Wildman–Crippen MR) is 122 cm³/mol. The van der Waals surface area contributed by atoms with Gasteiger partial charge in [-0.05, 0) is 37.6 Å². The predicted octanol–water partition coefficient (Wildman–Crippen LogP) is 3.14. The third-order valence-corrected chi connectivity index (χ3v) is 5.06. The molecule has 1 aromatic rings. The minimum absolute atomic E-state index is 0. The SMILES string of the molecule is CCNC(=NCCN1C(=O)CCCC1=O)NCCSc1ccc(Cl)cc1.I. The Hall–Kier alpha value is -1.000. The van der Waals surface area contributed by atoms with Crippen LogP contribution in [0, 0.1) is 0 Å². The van der Waals surface area contributed by atoms with Gasteiger partial charge in [-0.3, -0.25) is 19.5 Å². The maximum atomic E-state index is 11.8. The summed E-state index contributed by atoms with van der Waals surface area (Å²) in [6.45, 7) is 4.24. The molecule has 0 aliphatic carbocycles. The molecule has 1 heterocycles. The van der Waals surface area contributed by atoms with Crippen molar-refractivity contribution >= 4 is 65.1 Å². The minimum atomic E-state index is -0.0891. The van der Waals surface area contributed by atoms with Crippen LogP contribution >= 0.6 is 47.3 Å². The van der Waals surface area contributed by atoms with Gasteiger partial charge in [-0.2, -0.15) is 0 Å². The Morgan fingerprint density at radius 2 is 1.85 bits per heavy atom. The summed E-state index contributed by atoms with van der Waals surface area (Å²) in [5.41, 5.74) is 0. The molecule has 6 nitrogen and oxygen atoms in total. The average Bonchev–Trinajstić information content (AvgIpc) is 2.62. The van der Waals surface area contributed by atoms with Gasteiger partial charge in [0.15, 0.2) is 5.96 Å². The molecule has 0 saturated carbocycles. The summed E-state index contributed by atoms with van der Waals surface area (Å²) >= 11 is 7.62. The zero-order valence-corrected chi connectivity index (χ0v) is 19.3. The molecule has 0 unspecified atom stereocenters.